The van der Waals surface area contributed by atoms with Crippen LogP contribution in [0.1, 0.15) is 10.4 Å². The molecule has 29 heavy (non-hydrogen) atoms. The number of carbonyl (C=O) groups excluding carboxylic acids is 1. The third-order valence-electron chi connectivity index (χ3n) is 3.56. The first-order chi connectivity index (χ1) is 13.8. The Labute approximate surface area is 159 Å². The first-order valence-electron chi connectivity index (χ1n) is 7.59. The van der Waals surface area contributed by atoms with Crippen LogP contribution in [0.2, 0.25) is 0 Å². The molecule has 0 aliphatic rings. The maximum Gasteiger partial charge on any atom is 0.322 e. The Balaban J connectivity index is 1.89. The van der Waals surface area contributed by atoms with Gasteiger partial charge in [-0.1, -0.05) is 17.2 Å². The van der Waals surface area contributed by atoms with Crippen molar-refractivity contribution in [1.82, 2.24) is 10.2 Å². The lowest BCUT2D eigenvalue weighted by molar-refractivity contribution is -0.394. The highest BCUT2D eigenvalue weighted by atomic mass is 16.6. The predicted molar refractivity (Wildman–Crippen MR) is 94.1 cm³/mol. The van der Waals surface area contributed by atoms with Gasteiger partial charge in [0.05, 0.1) is 26.4 Å². The van der Waals surface area contributed by atoms with E-state index in [2.05, 4.69) is 15.5 Å². The van der Waals surface area contributed by atoms with E-state index in [1.54, 1.807) is 0 Å². The molecule has 0 aliphatic heterocycles. The molecule has 0 atom stereocenters. The SMILES string of the molecule is O=C(Nc1nnc(-c2ccccc2[N+](=O)[O-])o1)c1cc([N+](=O)[O-])cc([N+](=O)[O-])c1. The molecule has 1 aromatic heterocycles. The molecule has 0 bridgehead atoms. The van der Waals surface area contributed by atoms with Crippen molar-refractivity contribution in [1.29, 1.82) is 0 Å². The number of nitrogens with one attached hydrogen (secondary N) is 1. The fraction of sp³-hybridized carbons (Fsp3) is 0. The van der Waals surface area contributed by atoms with Gasteiger partial charge < -0.3 is 4.42 Å². The summed E-state index contributed by atoms with van der Waals surface area (Å²) in [5, 5.41) is 42.2. The van der Waals surface area contributed by atoms with Gasteiger partial charge in [-0.3, -0.25) is 40.5 Å². The average Bonchev–Trinajstić information content (AvgIpc) is 3.15. The van der Waals surface area contributed by atoms with Crippen LogP contribution in [-0.4, -0.2) is 30.9 Å². The second-order valence-corrected chi connectivity index (χ2v) is 5.39. The Morgan fingerprint density at radius 1 is 0.897 bits per heavy atom. The number of hydrogen-bond donors (Lipinski definition) is 1. The van der Waals surface area contributed by atoms with Crippen molar-refractivity contribution in [3.05, 3.63) is 78.4 Å². The molecule has 1 N–H and O–H groups in total. The fourth-order valence-corrected chi connectivity index (χ4v) is 2.30. The minimum atomic E-state index is -0.991. The minimum absolute atomic E-state index is 0.0106. The lowest BCUT2D eigenvalue weighted by Gasteiger charge is -2.01. The first-order valence-corrected chi connectivity index (χ1v) is 7.59. The summed E-state index contributed by atoms with van der Waals surface area (Å²) in [6.07, 6.45) is 0. The molecule has 2 aromatic carbocycles. The van der Waals surface area contributed by atoms with E-state index in [0.717, 1.165) is 12.1 Å². The molecule has 3 rings (SSSR count). The maximum atomic E-state index is 12.3. The number of non-ortho nitro benzene ring substituents is 2. The van der Waals surface area contributed by atoms with Crippen molar-refractivity contribution in [2.75, 3.05) is 5.32 Å². The Morgan fingerprint density at radius 2 is 1.52 bits per heavy atom. The zero-order valence-electron chi connectivity index (χ0n) is 14.0. The van der Waals surface area contributed by atoms with Crippen molar-refractivity contribution in [2.24, 2.45) is 0 Å². The molecule has 0 radical (unpaired) electrons. The summed E-state index contributed by atoms with van der Waals surface area (Å²) >= 11 is 0. The van der Waals surface area contributed by atoms with Crippen LogP contribution >= 0.6 is 0 Å². The summed E-state index contributed by atoms with van der Waals surface area (Å²) in [4.78, 5) is 42.8. The van der Waals surface area contributed by atoms with Crippen LogP contribution in [0.15, 0.2) is 46.9 Å². The number of amides is 1. The summed E-state index contributed by atoms with van der Waals surface area (Å²) in [7, 11) is 0. The van der Waals surface area contributed by atoms with Gasteiger partial charge >= 0.3 is 6.01 Å². The number of aromatic nitrogens is 2. The van der Waals surface area contributed by atoms with Gasteiger partial charge in [0, 0.05) is 18.2 Å². The first kappa shape index (κ1) is 19.0. The number of anilines is 1. The van der Waals surface area contributed by atoms with Crippen molar-refractivity contribution in [2.45, 2.75) is 0 Å². The Hall–Kier alpha value is -4.75. The average molecular weight is 400 g/mol. The molecular formula is C15H8N6O8. The van der Waals surface area contributed by atoms with E-state index in [4.69, 9.17) is 4.42 Å². The highest BCUT2D eigenvalue weighted by Gasteiger charge is 2.23. The van der Waals surface area contributed by atoms with E-state index in [9.17, 15) is 35.1 Å². The van der Waals surface area contributed by atoms with Crippen molar-refractivity contribution < 1.29 is 24.0 Å². The predicted octanol–water partition coefficient (Wildman–Crippen LogP) is 2.71. The monoisotopic (exact) mass is 400 g/mol. The summed E-state index contributed by atoms with van der Waals surface area (Å²) in [6, 6.07) is 7.45. The zero-order chi connectivity index (χ0) is 21.1. The molecule has 146 valence electrons. The third-order valence-corrected chi connectivity index (χ3v) is 3.56. The van der Waals surface area contributed by atoms with Crippen LogP contribution < -0.4 is 5.32 Å². The number of nitro benzene ring substituents is 3. The van der Waals surface area contributed by atoms with Crippen molar-refractivity contribution >= 4 is 29.0 Å². The lowest BCUT2D eigenvalue weighted by atomic mass is 10.1. The molecule has 1 amide bonds. The number of benzene rings is 2. The lowest BCUT2D eigenvalue weighted by Crippen LogP contribution is -2.13. The summed E-state index contributed by atoms with van der Waals surface area (Å²) in [5.74, 6) is -1.24. The molecule has 0 saturated heterocycles. The van der Waals surface area contributed by atoms with Crippen molar-refractivity contribution in [3.63, 3.8) is 0 Å². The molecule has 3 aromatic rings. The van der Waals surface area contributed by atoms with E-state index in [1.807, 2.05) is 0 Å². The van der Waals surface area contributed by atoms with Gasteiger partial charge in [-0.05, 0) is 6.07 Å². The van der Waals surface area contributed by atoms with E-state index >= 15 is 0 Å². The van der Waals surface area contributed by atoms with E-state index in [1.165, 1.54) is 24.3 Å². The molecule has 0 fully saturated rings. The number of para-hydroxylation sites is 1. The van der Waals surface area contributed by atoms with Crippen LogP contribution in [0.3, 0.4) is 0 Å². The van der Waals surface area contributed by atoms with Gasteiger partial charge in [-0.25, -0.2) is 0 Å². The number of rotatable bonds is 6. The quantitative estimate of drug-likeness (QED) is 0.474. The number of nitrogens with zero attached hydrogens (tertiary/aromatic N) is 5. The maximum absolute atomic E-state index is 12.3. The van der Waals surface area contributed by atoms with Gasteiger partial charge in [0.15, 0.2) is 0 Å². The highest BCUT2D eigenvalue weighted by Crippen LogP contribution is 2.29. The second kappa shape index (κ2) is 7.47. The van der Waals surface area contributed by atoms with Gasteiger partial charge in [-0.2, -0.15) is 0 Å². The zero-order valence-corrected chi connectivity index (χ0v) is 14.0. The Kier molecular flexibility index (Phi) is 4.90. The fourth-order valence-electron chi connectivity index (χ4n) is 2.30. The normalized spacial score (nSPS) is 10.3. The standard InChI is InChI=1S/C15H8N6O8/c22-13(8-5-9(19(23)24)7-10(6-8)20(25)26)16-15-18-17-14(29-15)11-3-1-2-4-12(11)21(27)28/h1-7H,(H,16,18,22). The molecule has 14 nitrogen and oxygen atoms in total. The van der Waals surface area contributed by atoms with Crippen LogP contribution in [0, 0.1) is 30.3 Å². The highest BCUT2D eigenvalue weighted by molar-refractivity contribution is 6.04. The molecule has 1 heterocycles. The summed E-state index contributed by atoms with van der Waals surface area (Å²) < 4.78 is 5.18. The van der Waals surface area contributed by atoms with Crippen LogP contribution in [-0.2, 0) is 0 Å². The van der Waals surface area contributed by atoms with Gasteiger partial charge in [-0.15, -0.1) is 5.10 Å². The largest absolute Gasteiger partial charge is 0.403 e. The molecule has 0 unspecified atom stereocenters. The van der Waals surface area contributed by atoms with Crippen LogP contribution in [0.4, 0.5) is 23.1 Å². The topological polar surface area (TPSA) is 197 Å². The van der Waals surface area contributed by atoms with Crippen LogP contribution in [0.25, 0.3) is 11.5 Å². The van der Waals surface area contributed by atoms with Crippen LogP contribution in [0.5, 0.6) is 0 Å². The molecule has 14 heteroatoms. The van der Waals surface area contributed by atoms with Gasteiger partial charge in [0.25, 0.3) is 28.9 Å². The molecule has 0 saturated carbocycles. The second-order valence-electron chi connectivity index (χ2n) is 5.39. The minimum Gasteiger partial charge on any atom is -0.403 e. The molecule has 0 spiro atoms. The summed E-state index contributed by atoms with van der Waals surface area (Å²) in [6.45, 7) is 0. The third kappa shape index (κ3) is 4.00. The van der Waals surface area contributed by atoms with Gasteiger partial charge in [0.1, 0.15) is 5.56 Å². The van der Waals surface area contributed by atoms with Gasteiger partial charge in [0.2, 0.25) is 0 Å². The smallest absolute Gasteiger partial charge is 0.322 e. The molecular weight excluding hydrogens is 392 g/mol. The van der Waals surface area contributed by atoms with E-state index in [0.29, 0.717) is 6.07 Å². The Morgan fingerprint density at radius 3 is 2.10 bits per heavy atom. The number of hydrogen-bond acceptors (Lipinski definition) is 10. The van der Waals surface area contributed by atoms with Crippen molar-refractivity contribution in [3.8, 4) is 11.5 Å². The van der Waals surface area contributed by atoms with E-state index < -0.39 is 43.6 Å². The Bertz CT molecular complexity index is 1120. The van der Waals surface area contributed by atoms with E-state index in [-0.39, 0.29) is 17.1 Å². The number of carbonyl (C=O) groups is 1. The molecule has 0 aliphatic carbocycles. The number of nitro groups is 3. The summed E-state index contributed by atoms with van der Waals surface area (Å²) in [5.41, 5.74) is -2.00.